The van der Waals surface area contributed by atoms with E-state index >= 15 is 0 Å². The van der Waals surface area contributed by atoms with Crippen molar-refractivity contribution in [2.45, 2.75) is 118 Å². The molecule has 5 N–H and O–H groups in total. The molecule has 46 heavy (non-hydrogen) atoms. The summed E-state index contributed by atoms with van der Waals surface area (Å²) in [6.07, 6.45) is 1.53. The summed E-state index contributed by atoms with van der Waals surface area (Å²) < 4.78 is 0. The Kier molecular flexibility index (Phi) is 17.0. The Morgan fingerprint density at radius 1 is 0.652 bits per heavy atom. The predicted octanol–water partition coefficient (Wildman–Crippen LogP) is 3.45. The molecule has 0 bridgehead atoms. The van der Waals surface area contributed by atoms with Gasteiger partial charge in [0.15, 0.2) is 0 Å². The van der Waals surface area contributed by atoms with Crippen LogP contribution in [0.2, 0.25) is 0 Å². The van der Waals surface area contributed by atoms with Gasteiger partial charge < -0.3 is 31.3 Å². The van der Waals surface area contributed by atoms with E-state index in [0.717, 1.165) is 5.56 Å². The first-order valence-electron chi connectivity index (χ1n) is 16.5. The zero-order valence-corrected chi connectivity index (χ0v) is 29.6. The third-order valence-electron chi connectivity index (χ3n) is 7.88. The highest BCUT2D eigenvalue weighted by Crippen LogP contribution is 2.18. The van der Waals surface area contributed by atoms with Crippen LogP contribution < -0.4 is 16.4 Å². The molecule has 0 heterocycles. The van der Waals surface area contributed by atoms with Crippen molar-refractivity contribution in [2.75, 3.05) is 14.1 Å². The topological polar surface area (TPSA) is 162 Å². The number of carboxylic acid groups (broad SMARTS) is 1. The molecule has 11 nitrogen and oxygen atoms in total. The fraction of sp³-hybridized carbons (Fsp3) is 0.686. The van der Waals surface area contributed by atoms with Gasteiger partial charge in [0.25, 0.3) is 0 Å². The van der Waals surface area contributed by atoms with Crippen molar-refractivity contribution in [3.05, 3.63) is 35.9 Å². The number of rotatable bonds is 19. The van der Waals surface area contributed by atoms with Gasteiger partial charge in [0, 0.05) is 14.1 Å². The molecule has 0 radical (unpaired) electrons. The number of likely N-dealkylation sites (N-methyl/N-ethyl adjacent to an activating group) is 2. The molecule has 0 fully saturated rings. The van der Waals surface area contributed by atoms with E-state index in [2.05, 4.69) is 10.6 Å². The van der Waals surface area contributed by atoms with Crippen LogP contribution in [0.25, 0.3) is 0 Å². The first kappa shape index (κ1) is 40.6. The van der Waals surface area contributed by atoms with Crippen molar-refractivity contribution in [3.8, 4) is 0 Å². The van der Waals surface area contributed by atoms with E-state index in [0.29, 0.717) is 25.7 Å². The summed E-state index contributed by atoms with van der Waals surface area (Å²) in [6, 6.07) is 4.69. The molecule has 260 valence electrons. The van der Waals surface area contributed by atoms with Crippen molar-refractivity contribution in [1.82, 2.24) is 20.4 Å². The van der Waals surface area contributed by atoms with Crippen molar-refractivity contribution in [1.29, 1.82) is 0 Å². The van der Waals surface area contributed by atoms with Crippen molar-refractivity contribution in [2.24, 2.45) is 29.4 Å². The molecule has 1 rings (SSSR count). The van der Waals surface area contributed by atoms with E-state index in [4.69, 9.17) is 5.73 Å². The third kappa shape index (κ3) is 13.5. The first-order valence-corrected chi connectivity index (χ1v) is 16.5. The van der Waals surface area contributed by atoms with Crippen LogP contribution in [-0.4, -0.2) is 88.8 Å². The number of aliphatic carboxylic acids is 1. The van der Waals surface area contributed by atoms with Gasteiger partial charge in [0.2, 0.25) is 23.6 Å². The van der Waals surface area contributed by atoms with Crippen LogP contribution in [0.15, 0.2) is 30.3 Å². The lowest BCUT2D eigenvalue weighted by Gasteiger charge is -2.35. The minimum absolute atomic E-state index is 0.0182. The normalized spacial score (nSPS) is 14.8. The van der Waals surface area contributed by atoms with Crippen LogP contribution in [0.5, 0.6) is 0 Å². The highest BCUT2D eigenvalue weighted by molar-refractivity contribution is 5.95. The van der Waals surface area contributed by atoms with Crippen molar-refractivity contribution < 1.29 is 29.1 Å². The van der Waals surface area contributed by atoms with Crippen molar-refractivity contribution in [3.63, 3.8) is 0 Å². The molecule has 0 saturated carbocycles. The van der Waals surface area contributed by atoms with E-state index < -0.39 is 53.9 Å². The molecule has 0 saturated heterocycles. The number of carbonyl (C=O) groups is 5. The molecule has 0 aromatic heterocycles. The fourth-order valence-corrected chi connectivity index (χ4v) is 5.47. The van der Waals surface area contributed by atoms with E-state index in [1.54, 1.807) is 7.05 Å². The number of nitrogens with two attached hydrogens (primary N) is 1. The Bertz CT molecular complexity index is 1140. The lowest BCUT2D eigenvalue weighted by molar-refractivity contribution is -0.146. The number of benzene rings is 1. The summed E-state index contributed by atoms with van der Waals surface area (Å²) in [6.45, 7) is 15.3. The summed E-state index contributed by atoms with van der Waals surface area (Å²) in [5.74, 6) is -2.87. The highest BCUT2D eigenvalue weighted by atomic mass is 16.4. The van der Waals surface area contributed by atoms with Crippen LogP contribution in [0.1, 0.15) is 86.6 Å². The second-order valence-electron chi connectivity index (χ2n) is 14.2. The molecule has 11 heteroatoms. The largest absolute Gasteiger partial charge is 0.480 e. The van der Waals surface area contributed by atoms with Gasteiger partial charge in [-0.1, -0.05) is 85.7 Å². The monoisotopic (exact) mass is 645 g/mol. The highest BCUT2D eigenvalue weighted by Gasteiger charge is 2.37. The number of amides is 4. The number of hydrogen-bond donors (Lipinski definition) is 4. The van der Waals surface area contributed by atoms with E-state index in [9.17, 15) is 29.1 Å². The zero-order chi connectivity index (χ0) is 35.3. The SMILES string of the molecule is CC(C)C[C@H](NC(=O)[C@H](CC(C)C)N(C)C(=O)[C@H](CC(C)C)NC(=O)[C@H](CC(C)C)N(C)C(=O)[C@@H](N)Cc1ccccc1)C(=O)O. The Morgan fingerprint density at radius 3 is 1.46 bits per heavy atom. The lowest BCUT2D eigenvalue weighted by Crippen LogP contribution is -2.59. The molecule has 0 aliphatic rings. The second-order valence-corrected chi connectivity index (χ2v) is 14.2. The minimum atomic E-state index is -1.14. The lowest BCUT2D eigenvalue weighted by atomic mass is 9.96. The van der Waals surface area contributed by atoms with Crippen LogP contribution in [-0.2, 0) is 30.4 Å². The fourth-order valence-electron chi connectivity index (χ4n) is 5.47. The minimum Gasteiger partial charge on any atom is -0.480 e. The maximum atomic E-state index is 14.0. The van der Waals surface area contributed by atoms with Gasteiger partial charge in [-0.15, -0.1) is 0 Å². The van der Waals surface area contributed by atoms with Crippen LogP contribution in [0.3, 0.4) is 0 Å². The van der Waals surface area contributed by atoms with Gasteiger partial charge in [-0.25, -0.2) is 4.79 Å². The molecule has 1 aromatic carbocycles. The molecular formula is C35H59N5O6. The van der Waals surface area contributed by atoms with Crippen molar-refractivity contribution >= 4 is 29.6 Å². The first-order chi connectivity index (χ1) is 21.3. The summed E-state index contributed by atoms with van der Waals surface area (Å²) in [4.78, 5) is 69.3. The van der Waals surface area contributed by atoms with Gasteiger partial charge >= 0.3 is 5.97 Å². The second kappa shape index (κ2) is 19.3. The van der Waals surface area contributed by atoms with E-state index in [1.165, 1.54) is 16.8 Å². The Hall–Kier alpha value is -3.47. The number of nitrogens with zero attached hydrogens (tertiary/aromatic N) is 2. The predicted molar refractivity (Wildman–Crippen MR) is 181 cm³/mol. The van der Waals surface area contributed by atoms with E-state index in [-0.39, 0.29) is 36.0 Å². The van der Waals surface area contributed by atoms with Crippen LogP contribution in [0, 0.1) is 23.7 Å². The quantitative estimate of drug-likeness (QED) is 0.179. The third-order valence-corrected chi connectivity index (χ3v) is 7.88. The number of carboxylic acids is 1. The molecule has 0 aliphatic heterocycles. The average molecular weight is 646 g/mol. The summed E-state index contributed by atoms with van der Waals surface area (Å²) >= 11 is 0. The molecule has 1 aromatic rings. The van der Waals surface area contributed by atoms with Gasteiger partial charge in [-0.3, -0.25) is 19.2 Å². The van der Waals surface area contributed by atoms with Gasteiger partial charge in [-0.2, -0.15) is 0 Å². The Morgan fingerprint density at radius 2 is 1.04 bits per heavy atom. The smallest absolute Gasteiger partial charge is 0.326 e. The standard InChI is InChI=1S/C35H59N5O6/c1-21(2)16-27(34(44)40(10)30(19-24(7)8)32(42)38-28(35(45)46)17-22(3)4)37-31(41)29(18-23(5)6)39(9)33(43)26(36)20-25-14-12-11-13-15-25/h11-15,21-24,26-30H,16-20,36H2,1-10H3,(H,37,41)(H,38,42)(H,45,46)/t26-,27-,28-,29-,30-/m0/s1. The van der Waals surface area contributed by atoms with Crippen LogP contribution in [0.4, 0.5) is 0 Å². The van der Waals surface area contributed by atoms with Gasteiger partial charge in [-0.05, 0) is 61.3 Å². The van der Waals surface area contributed by atoms with E-state index in [1.807, 2.05) is 85.7 Å². The van der Waals surface area contributed by atoms with Gasteiger partial charge in [0.05, 0.1) is 6.04 Å². The average Bonchev–Trinajstić information content (AvgIpc) is 2.96. The molecular weight excluding hydrogens is 586 g/mol. The summed E-state index contributed by atoms with van der Waals surface area (Å²) in [7, 11) is 3.07. The van der Waals surface area contributed by atoms with Crippen LogP contribution >= 0.6 is 0 Å². The molecule has 0 unspecified atom stereocenters. The number of hydrogen-bond acceptors (Lipinski definition) is 6. The molecule has 4 amide bonds. The summed E-state index contributed by atoms with van der Waals surface area (Å²) in [5, 5.41) is 15.2. The van der Waals surface area contributed by atoms with Gasteiger partial charge in [0.1, 0.15) is 24.2 Å². The molecule has 0 spiro atoms. The zero-order valence-electron chi connectivity index (χ0n) is 29.6. The number of nitrogens with one attached hydrogen (secondary N) is 2. The maximum Gasteiger partial charge on any atom is 0.326 e. The molecule has 0 aliphatic carbocycles. The molecule has 5 atom stereocenters. The number of carbonyl (C=O) groups excluding carboxylic acids is 4. The Balaban J connectivity index is 3.28. The maximum absolute atomic E-state index is 14.0. The Labute approximate surface area is 276 Å². The summed E-state index contributed by atoms with van der Waals surface area (Å²) in [5.41, 5.74) is 7.20.